The minimum Gasteiger partial charge on any atom is -0.480 e. The van der Waals surface area contributed by atoms with E-state index in [1.165, 1.54) is 0 Å². The second kappa shape index (κ2) is 7.54. The van der Waals surface area contributed by atoms with Crippen LogP contribution in [0.25, 0.3) is 4.85 Å². The molecule has 2 aliphatic rings. The Bertz CT molecular complexity index is 839. The molecule has 1 atom stereocenters. The maximum absolute atomic E-state index is 6.29. The molecule has 3 rings (SSSR count). The molecule has 0 bridgehead atoms. The molecule has 10 heteroatoms. The molecule has 0 amide bonds. The number of rotatable bonds is 3. The summed E-state index contributed by atoms with van der Waals surface area (Å²) in [4.78, 5) is 8.69. The van der Waals surface area contributed by atoms with Crippen molar-refractivity contribution in [1.29, 1.82) is 0 Å². The van der Waals surface area contributed by atoms with E-state index in [2.05, 4.69) is 31.8 Å². The number of ether oxygens (including phenoxy) is 1. The molecule has 0 saturated carbocycles. The third-order valence-corrected chi connectivity index (χ3v) is 6.58. The number of methoxy groups -OCH3 is 1. The Morgan fingerprint density at radius 2 is 1.55 bits per heavy atom. The van der Waals surface area contributed by atoms with Crippen molar-refractivity contribution in [2.45, 2.75) is 70.9 Å². The first-order valence-electron chi connectivity index (χ1n) is 9.64. The number of hydrogen-bond donors (Lipinski definition) is 0. The van der Waals surface area contributed by atoms with E-state index in [0.29, 0.717) is 18.0 Å². The zero-order valence-corrected chi connectivity index (χ0v) is 19.9. The van der Waals surface area contributed by atoms with Crippen molar-refractivity contribution in [3.8, 4) is 11.9 Å². The lowest BCUT2D eigenvalue weighted by Crippen LogP contribution is -2.47. The van der Waals surface area contributed by atoms with Gasteiger partial charge in [0.1, 0.15) is 0 Å². The summed E-state index contributed by atoms with van der Waals surface area (Å²) < 4.78 is 30.8. The second-order valence-electron chi connectivity index (χ2n) is 9.11. The third kappa shape index (κ3) is 4.21. The van der Waals surface area contributed by atoms with Crippen molar-refractivity contribution in [3.05, 3.63) is 27.1 Å². The van der Waals surface area contributed by atoms with Crippen molar-refractivity contribution in [2.75, 3.05) is 13.7 Å². The van der Waals surface area contributed by atoms with Crippen LogP contribution in [-0.2, 0) is 18.6 Å². The van der Waals surface area contributed by atoms with Gasteiger partial charge in [0.25, 0.3) is 6.54 Å². The van der Waals surface area contributed by atoms with E-state index in [1.54, 1.807) is 13.3 Å². The number of nitrogens with zero attached hydrogens (tertiary/aromatic N) is 2. The van der Waals surface area contributed by atoms with Crippen LogP contribution in [0.4, 0.5) is 0 Å². The van der Waals surface area contributed by atoms with Crippen molar-refractivity contribution in [3.63, 3.8) is 0 Å². The first kappa shape index (κ1) is 22.6. The van der Waals surface area contributed by atoms with Crippen LogP contribution in [-0.4, -0.2) is 55.1 Å². The first-order chi connectivity index (χ1) is 13.3. The second-order valence-corrected chi connectivity index (χ2v) is 10.0. The summed E-state index contributed by atoms with van der Waals surface area (Å²) in [6, 6.07) is 4.86. The monoisotopic (exact) mass is 465 g/mol. The SMILES string of the molecule is COc1ncc(Br)cc1C#[N+]CC1(C)OB(B2OC(C)(C)C(C)(C)O2)OC1(C)C. The van der Waals surface area contributed by atoms with E-state index < -0.39 is 36.4 Å². The van der Waals surface area contributed by atoms with Gasteiger partial charge in [-0.05, 0) is 70.5 Å². The van der Waals surface area contributed by atoms with Gasteiger partial charge in [-0.1, -0.05) is 4.85 Å². The first-order valence-corrected chi connectivity index (χ1v) is 10.4. The fourth-order valence-corrected chi connectivity index (χ4v) is 3.45. The summed E-state index contributed by atoms with van der Waals surface area (Å²) in [7, 11) is 0.311. The fraction of sp³-hybridized carbons (Fsp3) is 0.684. The molecular formula is C19H28B2BrN2O5+. The zero-order valence-electron chi connectivity index (χ0n) is 18.3. The normalized spacial score (nSPS) is 26.9. The molecule has 0 radical (unpaired) electrons. The topological polar surface area (TPSA) is 63.4 Å². The Hall–Kier alpha value is -1.11. The molecule has 0 spiro atoms. The molecule has 1 unspecified atom stereocenters. The molecule has 1 aromatic heterocycles. The molecule has 0 aliphatic carbocycles. The van der Waals surface area contributed by atoms with E-state index in [4.69, 9.17) is 23.4 Å². The van der Waals surface area contributed by atoms with Gasteiger partial charge in [-0.3, -0.25) is 0 Å². The Kier molecular flexibility index (Phi) is 5.87. The van der Waals surface area contributed by atoms with Crippen LogP contribution < -0.4 is 4.74 Å². The summed E-state index contributed by atoms with van der Waals surface area (Å²) >= 11 is 3.40. The van der Waals surface area contributed by atoms with E-state index in [-0.39, 0.29) is 0 Å². The Morgan fingerprint density at radius 1 is 1.00 bits per heavy atom. The maximum atomic E-state index is 6.29. The summed E-state index contributed by atoms with van der Waals surface area (Å²) in [5.41, 5.74) is -1.55. The highest BCUT2D eigenvalue weighted by molar-refractivity contribution is 9.10. The molecule has 2 saturated heterocycles. The van der Waals surface area contributed by atoms with Crippen LogP contribution in [0, 0.1) is 6.07 Å². The summed E-state index contributed by atoms with van der Waals surface area (Å²) in [5.74, 6) is 0.458. The minimum atomic E-state index is -0.694. The highest BCUT2D eigenvalue weighted by atomic mass is 79.9. The number of hydrogen-bond acceptors (Lipinski definition) is 6. The highest BCUT2D eigenvalue weighted by Crippen LogP contribution is 2.43. The molecule has 0 aromatic carbocycles. The predicted octanol–water partition coefficient (Wildman–Crippen LogP) is 3.78. The van der Waals surface area contributed by atoms with Crippen molar-refractivity contribution >= 4 is 29.9 Å². The van der Waals surface area contributed by atoms with E-state index in [0.717, 1.165) is 4.47 Å². The summed E-state index contributed by atoms with van der Waals surface area (Å²) in [6.45, 7) is 14.3. The van der Waals surface area contributed by atoms with Crippen LogP contribution in [0.15, 0.2) is 16.7 Å². The standard InChI is InChI=1S/C19H28B2BrN2O5/c1-16(2)17(3,4)27-20(26-16)21-28-18(5,6)19(7,29-21)12-23-10-13-9-14(22)11-24-15(13)25-8/h9,11H,12H2,1-8H3/q+1. The van der Waals surface area contributed by atoms with Crippen LogP contribution in [0.5, 0.6) is 5.88 Å². The van der Waals surface area contributed by atoms with Gasteiger partial charge in [-0.15, -0.1) is 0 Å². The molecule has 156 valence electrons. The smallest absolute Gasteiger partial charge is 0.480 e. The van der Waals surface area contributed by atoms with Crippen molar-refractivity contribution in [1.82, 2.24) is 4.98 Å². The Labute approximate surface area is 182 Å². The summed E-state index contributed by atoms with van der Waals surface area (Å²) in [6.07, 6.45) is 1.66. The number of aromatic nitrogens is 1. The molecule has 7 nitrogen and oxygen atoms in total. The van der Waals surface area contributed by atoms with Gasteiger partial charge in [-0.25, -0.2) is 4.98 Å². The lowest BCUT2D eigenvalue weighted by Gasteiger charge is -2.32. The van der Waals surface area contributed by atoms with Crippen LogP contribution >= 0.6 is 15.9 Å². The van der Waals surface area contributed by atoms with E-state index >= 15 is 0 Å². The summed E-state index contributed by atoms with van der Waals surface area (Å²) in [5, 5.41) is 0. The average Bonchev–Trinajstić information content (AvgIpc) is 2.96. The molecule has 2 fully saturated rings. The van der Waals surface area contributed by atoms with Crippen molar-refractivity contribution in [2.24, 2.45) is 0 Å². The van der Waals surface area contributed by atoms with Crippen LogP contribution in [0.2, 0.25) is 0 Å². The van der Waals surface area contributed by atoms with Crippen molar-refractivity contribution < 1.29 is 23.4 Å². The van der Waals surface area contributed by atoms with Gasteiger partial charge >= 0.3 is 20.1 Å². The lowest BCUT2D eigenvalue weighted by atomic mass is 9.49. The molecule has 3 heterocycles. The minimum absolute atomic E-state index is 0.339. The van der Waals surface area contributed by atoms with Gasteiger partial charge in [0, 0.05) is 10.7 Å². The highest BCUT2D eigenvalue weighted by Gasteiger charge is 2.66. The number of halogens is 1. The Balaban J connectivity index is 1.76. The molecule has 1 aromatic rings. The average molecular weight is 466 g/mol. The maximum Gasteiger partial charge on any atom is 0.489 e. The molecule has 29 heavy (non-hydrogen) atoms. The predicted molar refractivity (Wildman–Crippen MR) is 116 cm³/mol. The molecular weight excluding hydrogens is 438 g/mol. The van der Waals surface area contributed by atoms with Crippen LogP contribution in [0.3, 0.4) is 0 Å². The van der Waals surface area contributed by atoms with Gasteiger partial charge < -0.3 is 23.4 Å². The zero-order chi connectivity index (χ0) is 21.7. The van der Waals surface area contributed by atoms with Gasteiger partial charge in [0.05, 0.1) is 23.9 Å². The van der Waals surface area contributed by atoms with E-state index in [1.807, 2.05) is 54.5 Å². The quantitative estimate of drug-likeness (QED) is 0.633. The lowest BCUT2D eigenvalue weighted by molar-refractivity contribution is 0.00367. The molecule has 0 N–H and O–H groups in total. The van der Waals surface area contributed by atoms with Gasteiger partial charge in [-0.2, -0.15) is 0 Å². The Morgan fingerprint density at radius 3 is 2.14 bits per heavy atom. The number of pyridine rings is 1. The van der Waals surface area contributed by atoms with Gasteiger partial charge in [0.15, 0.2) is 11.2 Å². The fourth-order valence-electron chi connectivity index (χ4n) is 3.12. The van der Waals surface area contributed by atoms with Crippen LogP contribution in [0.1, 0.15) is 54.0 Å². The molecule has 2 aliphatic heterocycles. The largest absolute Gasteiger partial charge is 0.489 e. The van der Waals surface area contributed by atoms with E-state index in [9.17, 15) is 0 Å². The van der Waals surface area contributed by atoms with Gasteiger partial charge in [0.2, 0.25) is 5.88 Å². The third-order valence-electron chi connectivity index (χ3n) is 6.15.